The molecule has 0 saturated carbocycles. The van der Waals surface area contributed by atoms with Crippen LogP contribution in [0.3, 0.4) is 0 Å². The first-order chi connectivity index (χ1) is 11.2. The van der Waals surface area contributed by atoms with Gasteiger partial charge in [-0.2, -0.15) is 0 Å². The lowest BCUT2D eigenvalue weighted by atomic mass is 10.0. The lowest BCUT2D eigenvalue weighted by Gasteiger charge is -2.10. The van der Waals surface area contributed by atoms with Crippen molar-refractivity contribution in [3.63, 3.8) is 0 Å². The number of nitrogens with one attached hydrogen (secondary N) is 1. The molecule has 0 aliphatic heterocycles. The highest BCUT2D eigenvalue weighted by molar-refractivity contribution is 8.16. The predicted octanol–water partition coefficient (Wildman–Crippen LogP) is 5.45. The third kappa shape index (κ3) is 13.4. The van der Waals surface area contributed by atoms with Crippen molar-refractivity contribution in [2.75, 3.05) is 6.54 Å². The molecule has 0 aromatic rings. The topological polar surface area (TPSA) is 46.2 Å². The highest BCUT2D eigenvalue weighted by Gasteiger charge is 2.15. The second-order valence-electron chi connectivity index (χ2n) is 6.05. The van der Waals surface area contributed by atoms with E-state index in [4.69, 9.17) is 0 Å². The maximum absolute atomic E-state index is 12.0. The molecule has 0 heterocycles. The number of carbonyl (C=O) groups excluding carboxylic acids is 2. The number of thioether (sulfide) groups is 1. The summed E-state index contributed by atoms with van der Waals surface area (Å²) in [5.74, 6) is 0.0243. The van der Waals surface area contributed by atoms with Crippen molar-refractivity contribution in [3.05, 3.63) is 11.5 Å². The Kier molecular flexibility index (Phi) is 15.6. The van der Waals surface area contributed by atoms with Gasteiger partial charge in [-0.3, -0.25) is 9.59 Å². The van der Waals surface area contributed by atoms with Crippen molar-refractivity contribution in [1.29, 1.82) is 0 Å². The zero-order valence-corrected chi connectivity index (χ0v) is 16.1. The molecule has 0 radical (unpaired) electrons. The molecule has 0 aliphatic carbocycles. The quantitative estimate of drug-likeness (QED) is 0.337. The van der Waals surface area contributed by atoms with Crippen LogP contribution in [0.15, 0.2) is 11.5 Å². The third-order valence-electron chi connectivity index (χ3n) is 3.97. The van der Waals surface area contributed by atoms with E-state index >= 15 is 0 Å². The second kappa shape index (κ2) is 16.1. The lowest BCUT2D eigenvalue weighted by Crippen LogP contribution is -2.22. The largest absolute Gasteiger partial charge is 0.353 e. The van der Waals surface area contributed by atoms with Crippen LogP contribution in [0.2, 0.25) is 0 Å². The molecule has 0 aromatic heterocycles. The van der Waals surface area contributed by atoms with Crippen molar-refractivity contribution in [2.24, 2.45) is 5.92 Å². The van der Waals surface area contributed by atoms with Gasteiger partial charge in [-0.25, -0.2) is 0 Å². The van der Waals surface area contributed by atoms with Crippen LogP contribution in [-0.4, -0.2) is 17.6 Å². The van der Waals surface area contributed by atoms with Gasteiger partial charge in [0.05, 0.1) is 0 Å². The standard InChI is InChI=1S/C19H35NO2S/c1-4-7-9-10-11-12-15-20-18(21)14-16-23-19(22)17(6-3)13-8-5-2/h14,16-17H,4-13,15H2,1-3H3,(H,20,21). The van der Waals surface area contributed by atoms with E-state index in [1.165, 1.54) is 38.2 Å². The first-order valence-electron chi connectivity index (χ1n) is 9.30. The summed E-state index contributed by atoms with van der Waals surface area (Å²) in [5.41, 5.74) is 0. The minimum absolute atomic E-state index is 0.0968. The molecule has 1 unspecified atom stereocenters. The van der Waals surface area contributed by atoms with Crippen molar-refractivity contribution in [3.8, 4) is 0 Å². The Balaban J connectivity index is 3.76. The molecule has 0 bridgehead atoms. The first-order valence-corrected chi connectivity index (χ1v) is 10.2. The van der Waals surface area contributed by atoms with Crippen LogP contribution < -0.4 is 5.32 Å². The summed E-state index contributed by atoms with van der Waals surface area (Å²) in [6, 6.07) is 0. The van der Waals surface area contributed by atoms with Gasteiger partial charge in [-0.15, -0.1) is 0 Å². The molecule has 0 fully saturated rings. The third-order valence-corrected chi connectivity index (χ3v) is 4.80. The Morgan fingerprint density at radius 1 is 0.957 bits per heavy atom. The normalized spacial score (nSPS) is 12.5. The number of amides is 1. The smallest absolute Gasteiger partial charge is 0.244 e. The van der Waals surface area contributed by atoms with Crippen molar-refractivity contribution in [2.45, 2.75) is 85.0 Å². The number of hydrogen-bond acceptors (Lipinski definition) is 3. The molecule has 0 aliphatic rings. The minimum Gasteiger partial charge on any atom is -0.353 e. The van der Waals surface area contributed by atoms with E-state index < -0.39 is 0 Å². The number of rotatable bonds is 14. The van der Waals surface area contributed by atoms with Gasteiger partial charge in [0.1, 0.15) is 0 Å². The van der Waals surface area contributed by atoms with Crippen LogP contribution in [0.25, 0.3) is 0 Å². The average molecular weight is 342 g/mol. The van der Waals surface area contributed by atoms with Gasteiger partial charge in [0.2, 0.25) is 5.91 Å². The Hall–Kier alpha value is -0.770. The van der Waals surface area contributed by atoms with E-state index in [1.807, 2.05) is 0 Å². The van der Waals surface area contributed by atoms with E-state index in [1.54, 1.807) is 5.41 Å². The second-order valence-corrected chi connectivity index (χ2v) is 6.96. The fourth-order valence-corrected chi connectivity index (χ4v) is 3.18. The summed E-state index contributed by atoms with van der Waals surface area (Å²) in [7, 11) is 0. The minimum atomic E-state index is -0.0968. The molecule has 0 saturated heterocycles. The maximum atomic E-state index is 12.0. The maximum Gasteiger partial charge on any atom is 0.244 e. The zero-order valence-electron chi connectivity index (χ0n) is 15.2. The van der Waals surface area contributed by atoms with Gasteiger partial charge in [-0.05, 0) is 24.7 Å². The fraction of sp³-hybridized carbons (Fsp3) is 0.789. The molecule has 1 amide bonds. The summed E-state index contributed by atoms with van der Waals surface area (Å²) in [4.78, 5) is 23.7. The van der Waals surface area contributed by atoms with Crippen LogP contribution in [0.5, 0.6) is 0 Å². The van der Waals surface area contributed by atoms with Crippen molar-refractivity contribution < 1.29 is 9.59 Å². The molecular weight excluding hydrogens is 306 g/mol. The first kappa shape index (κ1) is 22.2. The molecule has 1 N–H and O–H groups in total. The van der Waals surface area contributed by atoms with Gasteiger partial charge >= 0.3 is 0 Å². The molecule has 1 atom stereocenters. The molecule has 0 spiro atoms. The van der Waals surface area contributed by atoms with Gasteiger partial charge in [-0.1, -0.05) is 77.5 Å². The molecule has 3 nitrogen and oxygen atoms in total. The Bertz CT molecular complexity index is 342. The zero-order chi connectivity index (χ0) is 17.3. The monoisotopic (exact) mass is 341 g/mol. The van der Waals surface area contributed by atoms with Crippen LogP contribution >= 0.6 is 11.8 Å². The van der Waals surface area contributed by atoms with Gasteiger partial charge in [0.25, 0.3) is 0 Å². The van der Waals surface area contributed by atoms with Gasteiger partial charge < -0.3 is 5.32 Å². The molecular formula is C19H35NO2S. The van der Waals surface area contributed by atoms with E-state index in [0.29, 0.717) is 0 Å². The lowest BCUT2D eigenvalue weighted by molar-refractivity contribution is -0.116. The van der Waals surface area contributed by atoms with Crippen molar-refractivity contribution in [1.82, 2.24) is 5.32 Å². The summed E-state index contributed by atoms with van der Waals surface area (Å²) >= 11 is 1.16. The predicted molar refractivity (Wildman–Crippen MR) is 101 cm³/mol. The molecule has 0 aromatic carbocycles. The van der Waals surface area contributed by atoms with Crippen LogP contribution in [0.4, 0.5) is 0 Å². The van der Waals surface area contributed by atoms with E-state index in [9.17, 15) is 9.59 Å². The van der Waals surface area contributed by atoms with E-state index in [2.05, 4.69) is 26.1 Å². The molecule has 23 heavy (non-hydrogen) atoms. The van der Waals surface area contributed by atoms with E-state index in [0.717, 1.165) is 50.4 Å². The SMILES string of the molecule is CCCCCCCCNC(=O)C=CSC(=O)C(CC)CCCC. The molecule has 134 valence electrons. The highest BCUT2D eigenvalue weighted by Crippen LogP contribution is 2.21. The summed E-state index contributed by atoms with van der Waals surface area (Å²) in [6.45, 7) is 7.12. The highest BCUT2D eigenvalue weighted by atomic mass is 32.2. The Labute approximate surface area is 147 Å². The summed E-state index contributed by atoms with van der Waals surface area (Å²) in [6.07, 6.45) is 12.8. The summed E-state index contributed by atoms with van der Waals surface area (Å²) in [5, 5.41) is 4.69. The van der Waals surface area contributed by atoms with Crippen molar-refractivity contribution >= 4 is 22.8 Å². The van der Waals surface area contributed by atoms with Gasteiger partial charge in [0.15, 0.2) is 5.12 Å². The average Bonchev–Trinajstić information content (AvgIpc) is 2.54. The Morgan fingerprint density at radius 3 is 2.26 bits per heavy atom. The van der Waals surface area contributed by atoms with E-state index in [-0.39, 0.29) is 16.9 Å². The number of unbranched alkanes of at least 4 members (excludes halogenated alkanes) is 6. The van der Waals surface area contributed by atoms with Gasteiger partial charge in [0, 0.05) is 18.5 Å². The Morgan fingerprint density at radius 2 is 1.61 bits per heavy atom. The molecule has 0 rings (SSSR count). The summed E-state index contributed by atoms with van der Waals surface area (Å²) < 4.78 is 0. The number of hydrogen-bond donors (Lipinski definition) is 1. The van der Waals surface area contributed by atoms with Crippen LogP contribution in [-0.2, 0) is 9.59 Å². The number of carbonyl (C=O) groups is 2. The fourth-order valence-electron chi connectivity index (χ4n) is 2.37. The van der Waals surface area contributed by atoms with Crippen LogP contribution in [0, 0.1) is 5.92 Å². The molecule has 4 heteroatoms. The van der Waals surface area contributed by atoms with Crippen LogP contribution in [0.1, 0.15) is 85.0 Å².